The number of carbonyl (C=O) groups is 1. The second kappa shape index (κ2) is 9.95. The molecule has 0 saturated carbocycles. The van der Waals surface area contributed by atoms with E-state index in [2.05, 4.69) is 4.98 Å². The molecule has 1 atom stereocenters. The van der Waals surface area contributed by atoms with Gasteiger partial charge in [-0.05, 0) is 17.5 Å². The van der Waals surface area contributed by atoms with Crippen LogP contribution in [0.2, 0.25) is 0 Å². The number of aliphatic hydroxyl groups is 1. The fourth-order valence-electron chi connectivity index (χ4n) is 3.03. The summed E-state index contributed by atoms with van der Waals surface area (Å²) in [6, 6.07) is 15.4. The number of hydrogen-bond donors (Lipinski definition) is 2. The number of nitrogen functional groups attached to an aromatic ring is 1. The van der Waals surface area contributed by atoms with E-state index in [-0.39, 0.29) is 24.6 Å². The van der Waals surface area contributed by atoms with E-state index in [0.717, 1.165) is 11.1 Å². The van der Waals surface area contributed by atoms with Crippen molar-refractivity contribution in [3.05, 3.63) is 86.9 Å². The highest BCUT2D eigenvalue weighted by molar-refractivity contribution is 7.13. The second-order valence-electron chi connectivity index (χ2n) is 6.79. The molecule has 0 aliphatic carbocycles. The number of non-ortho nitro benzene ring substituents is 1. The molecule has 30 heavy (non-hydrogen) atoms. The first-order valence-electron chi connectivity index (χ1n) is 9.36. The van der Waals surface area contributed by atoms with Gasteiger partial charge in [-0.1, -0.05) is 42.5 Å². The number of nitro groups is 1. The summed E-state index contributed by atoms with van der Waals surface area (Å²) in [6.45, 7) is 0.496. The third-order valence-electron chi connectivity index (χ3n) is 4.65. The molecule has 2 aromatic carbocycles. The first-order valence-corrected chi connectivity index (χ1v) is 10.2. The molecule has 8 nitrogen and oxygen atoms in total. The number of aromatic nitrogens is 1. The zero-order chi connectivity index (χ0) is 21.5. The molecule has 1 amide bonds. The average molecular weight is 426 g/mol. The number of nitro benzene ring substituents is 1. The van der Waals surface area contributed by atoms with Crippen LogP contribution in [0.25, 0.3) is 0 Å². The summed E-state index contributed by atoms with van der Waals surface area (Å²) in [7, 11) is 0. The predicted octanol–water partition coefficient (Wildman–Crippen LogP) is 2.98. The van der Waals surface area contributed by atoms with Gasteiger partial charge in [0.05, 0.1) is 29.7 Å². The quantitative estimate of drug-likeness (QED) is 0.401. The number of rotatable bonds is 9. The van der Waals surface area contributed by atoms with Crippen LogP contribution in [0.3, 0.4) is 0 Å². The lowest BCUT2D eigenvalue weighted by molar-refractivity contribution is -0.384. The molecule has 1 aromatic heterocycles. The molecule has 3 rings (SSSR count). The topological polar surface area (TPSA) is 123 Å². The van der Waals surface area contributed by atoms with Crippen molar-refractivity contribution >= 4 is 28.1 Å². The Morgan fingerprint density at radius 2 is 1.90 bits per heavy atom. The molecule has 0 saturated heterocycles. The molecule has 0 bridgehead atoms. The van der Waals surface area contributed by atoms with Gasteiger partial charge in [0, 0.05) is 24.1 Å². The minimum atomic E-state index is -0.826. The van der Waals surface area contributed by atoms with Crippen molar-refractivity contribution in [1.82, 2.24) is 9.88 Å². The standard InChI is InChI=1S/C21H22N4O4S/c22-21-23-17(14-30-21)12-20(27)24(13-19(26)16-4-2-1-3-5-16)11-10-15-6-8-18(9-7-15)25(28)29/h1-9,14,19,26H,10-13H2,(H2,22,23). The van der Waals surface area contributed by atoms with Crippen LogP contribution in [0.15, 0.2) is 60.0 Å². The van der Waals surface area contributed by atoms with Crippen molar-refractivity contribution < 1.29 is 14.8 Å². The van der Waals surface area contributed by atoms with E-state index >= 15 is 0 Å². The van der Waals surface area contributed by atoms with E-state index in [1.54, 1.807) is 22.4 Å². The van der Waals surface area contributed by atoms with Gasteiger partial charge in [0.1, 0.15) is 0 Å². The lowest BCUT2D eigenvalue weighted by Crippen LogP contribution is -2.37. The maximum atomic E-state index is 12.9. The molecule has 0 aliphatic heterocycles. The molecule has 0 radical (unpaired) electrons. The molecule has 0 fully saturated rings. The third kappa shape index (κ3) is 5.85. The molecule has 3 N–H and O–H groups in total. The van der Waals surface area contributed by atoms with E-state index in [9.17, 15) is 20.0 Å². The molecule has 1 unspecified atom stereocenters. The number of nitrogens with zero attached hydrogens (tertiary/aromatic N) is 3. The van der Waals surface area contributed by atoms with Crippen molar-refractivity contribution in [1.29, 1.82) is 0 Å². The lowest BCUT2D eigenvalue weighted by atomic mass is 10.1. The number of hydrogen-bond acceptors (Lipinski definition) is 7. The summed E-state index contributed by atoms with van der Waals surface area (Å²) in [5, 5.41) is 23.6. The normalized spacial score (nSPS) is 11.8. The van der Waals surface area contributed by atoms with E-state index in [1.807, 2.05) is 30.3 Å². The number of nitrogens with two attached hydrogens (primary N) is 1. The monoisotopic (exact) mass is 426 g/mol. The SMILES string of the molecule is Nc1nc(CC(=O)N(CCc2ccc([N+](=O)[O-])cc2)CC(O)c2ccccc2)cs1. The van der Waals surface area contributed by atoms with Gasteiger partial charge in [-0.15, -0.1) is 11.3 Å². The van der Waals surface area contributed by atoms with Crippen LogP contribution in [0.5, 0.6) is 0 Å². The largest absolute Gasteiger partial charge is 0.387 e. The molecule has 3 aromatic rings. The average Bonchev–Trinajstić information content (AvgIpc) is 3.16. The maximum Gasteiger partial charge on any atom is 0.269 e. The Kier molecular flexibility index (Phi) is 7.10. The van der Waals surface area contributed by atoms with Crippen LogP contribution >= 0.6 is 11.3 Å². The van der Waals surface area contributed by atoms with E-state index in [4.69, 9.17) is 5.73 Å². The molecule has 156 valence electrons. The van der Waals surface area contributed by atoms with Crippen molar-refractivity contribution in [3.8, 4) is 0 Å². The number of thiazole rings is 1. The highest BCUT2D eigenvalue weighted by Gasteiger charge is 2.20. The molecule has 9 heteroatoms. The van der Waals surface area contributed by atoms with Crippen molar-refractivity contribution in [2.24, 2.45) is 0 Å². The fourth-order valence-corrected chi connectivity index (χ4v) is 3.59. The lowest BCUT2D eigenvalue weighted by Gasteiger charge is -2.25. The van der Waals surface area contributed by atoms with Gasteiger partial charge in [0.15, 0.2) is 5.13 Å². The summed E-state index contributed by atoms with van der Waals surface area (Å²) in [6.07, 6.45) is -0.229. The second-order valence-corrected chi connectivity index (χ2v) is 7.68. The molecular formula is C21H22N4O4S. The van der Waals surface area contributed by atoms with Crippen LogP contribution in [-0.2, 0) is 17.6 Å². The Labute approximate surface area is 177 Å². The summed E-state index contributed by atoms with van der Waals surface area (Å²) in [5.74, 6) is -0.169. The van der Waals surface area contributed by atoms with Gasteiger partial charge in [-0.2, -0.15) is 0 Å². The molecule has 0 spiro atoms. The molecule has 1 heterocycles. The van der Waals surface area contributed by atoms with Crippen LogP contribution in [-0.4, -0.2) is 38.9 Å². The highest BCUT2D eigenvalue weighted by Crippen LogP contribution is 2.18. The number of aliphatic hydroxyl groups excluding tert-OH is 1. The predicted molar refractivity (Wildman–Crippen MR) is 115 cm³/mol. The van der Waals surface area contributed by atoms with Gasteiger partial charge >= 0.3 is 0 Å². The summed E-state index contributed by atoms with van der Waals surface area (Å²) in [5.41, 5.74) is 7.86. The Morgan fingerprint density at radius 3 is 2.50 bits per heavy atom. The molecule has 0 aliphatic rings. The van der Waals surface area contributed by atoms with Crippen molar-refractivity contribution in [2.45, 2.75) is 18.9 Å². The van der Waals surface area contributed by atoms with Crippen LogP contribution in [0.4, 0.5) is 10.8 Å². The first-order chi connectivity index (χ1) is 14.4. The van der Waals surface area contributed by atoms with Crippen LogP contribution < -0.4 is 5.73 Å². The number of benzene rings is 2. The van der Waals surface area contributed by atoms with Crippen molar-refractivity contribution in [3.63, 3.8) is 0 Å². The van der Waals surface area contributed by atoms with E-state index < -0.39 is 11.0 Å². The minimum Gasteiger partial charge on any atom is -0.387 e. The zero-order valence-corrected chi connectivity index (χ0v) is 17.0. The molecular weight excluding hydrogens is 404 g/mol. The Morgan fingerprint density at radius 1 is 1.20 bits per heavy atom. The number of amides is 1. The third-order valence-corrected chi connectivity index (χ3v) is 5.37. The number of anilines is 1. The van der Waals surface area contributed by atoms with E-state index in [1.165, 1.54) is 23.5 Å². The van der Waals surface area contributed by atoms with Gasteiger partial charge < -0.3 is 15.7 Å². The Bertz CT molecular complexity index is 992. The fraction of sp³-hybridized carbons (Fsp3) is 0.238. The maximum absolute atomic E-state index is 12.9. The minimum absolute atomic E-state index is 0.0207. The van der Waals surface area contributed by atoms with Crippen molar-refractivity contribution in [2.75, 3.05) is 18.8 Å². The Hall–Kier alpha value is -3.30. The van der Waals surface area contributed by atoms with Crippen LogP contribution in [0, 0.1) is 10.1 Å². The summed E-state index contributed by atoms with van der Waals surface area (Å²) < 4.78 is 0. The highest BCUT2D eigenvalue weighted by atomic mass is 32.1. The summed E-state index contributed by atoms with van der Waals surface area (Å²) in [4.78, 5) is 29.0. The number of carbonyl (C=O) groups excluding carboxylic acids is 1. The van der Waals surface area contributed by atoms with Gasteiger partial charge in [-0.3, -0.25) is 14.9 Å². The summed E-state index contributed by atoms with van der Waals surface area (Å²) >= 11 is 1.27. The van der Waals surface area contributed by atoms with Gasteiger partial charge in [-0.25, -0.2) is 4.98 Å². The van der Waals surface area contributed by atoms with Crippen LogP contribution in [0.1, 0.15) is 22.9 Å². The van der Waals surface area contributed by atoms with E-state index in [0.29, 0.717) is 23.8 Å². The first kappa shape index (κ1) is 21.4. The van der Waals surface area contributed by atoms with Gasteiger partial charge in [0.2, 0.25) is 5.91 Å². The smallest absolute Gasteiger partial charge is 0.269 e. The van der Waals surface area contributed by atoms with Gasteiger partial charge in [0.25, 0.3) is 5.69 Å². The zero-order valence-electron chi connectivity index (χ0n) is 16.2. The Balaban J connectivity index is 1.70.